The Labute approximate surface area is 162 Å². The summed E-state index contributed by atoms with van der Waals surface area (Å²) in [5.41, 5.74) is 8.11. The van der Waals surface area contributed by atoms with E-state index in [0.717, 1.165) is 5.69 Å². The first-order valence-electron chi connectivity index (χ1n) is 8.75. The second-order valence-corrected chi connectivity index (χ2v) is 6.60. The number of carbonyl (C=O) groups is 2. The molecule has 1 aromatic carbocycles. The zero-order chi connectivity index (χ0) is 20.3. The molecule has 28 heavy (non-hydrogen) atoms. The molecular formula is C20H21N5O3. The predicted molar refractivity (Wildman–Crippen MR) is 105 cm³/mol. The van der Waals surface area contributed by atoms with Crippen LogP contribution in [0, 0.1) is 6.92 Å². The van der Waals surface area contributed by atoms with Crippen LogP contribution in [0.4, 0.5) is 5.69 Å². The monoisotopic (exact) mass is 379 g/mol. The molecule has 8 nitrogen and oxygen atoms in total. The highest BCUT2D eigenvalue weighted by atomic mass is 16.5. The van der Waals surface area contributed by atoms with Gasteiger partial charge in [0, 0.05) is 17.3 Å². The van der Waals surface area contributed by atoms with E-state index in [1.807, 2.05) is 20.8 Å². The summed E-state index contributed by atoms with van der Waals surface area (Å²) in [4.78, 5) is 28.1. The van der Waals surface area contributed by atoms with E-state index in [4.69, 9.17) is 10.5 Å². The Morgan fingerprint density at radius 3 is 2.64 bits per heavy atom. The number of aromatic nitrogens is 3. The molecule has 0 aliphatic carbocycles. The van der Waals surface area contributed by atoms with Crippen LogP contribution >= 0.6 is 0 Å². The molecule has 8 heteroatoms. The van der Waals surface area contributed by atoms with E-state index in [9.17, 15) is 9.59 Å². The minimum absolute atomic E-state index is 0.121. The third kappa shape index (κ3) is 4.17. The summed E-state index contributed by atoms with van der Waals surface area (Å²) in [5, 5.41) is 9.88. The maximum atomic E-state index is 12.6. The maximum Gasteiger partial charge on any atom is 0.259 e. The Morgan fingerprint density at radius 2 is 2.00 bits per heavy atom. The number of benzene rings is 1. The van der Waals surface area contributed by atoms with Gasteiger partial charge in [0.25, 0.3) is 5.91 Å². The van der Waals surface area contributed by atoms with Gasteiger partial charge in [0.1, 0.15) is 5.75 Å². The number of hydrogen-bond acceptors (Lipinski definition) is 5. The molecule has 2 heterocycles. The number of rotatable bonds is 6. The molecule has 3 aromatic rings. The zero-order valence-corrected chi connectivity index (χ0v) is 15.8. The number of H-pyrrole nitrogens is 1. The molecule has 0 saturated heterocycles. The van der Waals surface area contributed by atoms with Crippen molar-refractivity contribution in [2.75, 3.05) is 5.32 Å². The number of nitrogens with two attached hydrogens (primary N) is 1. The van der Waals surface area contributed by atoms with Crippen LogP contribution in [-0.4, -0.2) is 27.0 Å². The van der Waals surface area contributed by atoms with Gasteiger partial charge in [0.15, 0.2) is 0 Å². The number of hydrogen-bond donors (Lipinski definition) is 3. The first kappa shape index (κ1) is 19.1. The normalized spacial score (nSPS) is 10.7. The topological polar surface area (TPSA) is 123 Å². The van der Waals surface area contributed by atoms with Gasteiger partial charge in [-0.2, -0.15) is 5.10 Å². The minimum atomic E-state index is -0.535. The van der Waals surface area contributed by atoms with Crippen molar-refractivity contribution in [1.29, 1.82) is 0 Å². The van der Waals surface area contributed by atoms with Crippen molar-refractivity contribution in [3.63, 3.8) is 0 Å². The number of aryl methyl sites for hydroxylation is 1. The first-order chi connectivity index (χ1) is 13.3. The van der Waals surface area contributed by atoms with Gasteiger partial charge < -0.3 is 15.8 Å². The van der Waals surface area contributed by atoms with E-state index in [1.54, 1.807) is 30.3 Å². The van der Waals surface area contributed by atoms with Crippen molar-refractivity contribution in [2.45, 2.75) is 26.7 Å². The van der Waals surface area contributed by atoms with Crippen LogP contribution in [0.25, 0.3) is 0 Å². The van der Waals surface area contributed by atoms with Gasteiger partial charge >= 0.3 is 0 Å². The summed E-state index contributed by atoms with van der Waals surface area (Å²) >= 11 is 0. The number of nitrogens with zero attached hydrogens (tertiary/aromatic N) is 2. The lowest BCUT2D eigenvalue weighted by Gasteiger charge is -2.09. The molecule has 0 radical (unpaired) electrons. The molecule has 4 N–H and O–H groups in total. The van der Waals surface area contributed by atoms with E-state index >= 15 is 0 Å². The van der Waals surface area contributed by atoms with Crippen molar-refractivity contribution < 1.29 is 14.3 Å². The van der Waals surface area contributed by atoms with Gasteiger partial charge in [-0.05, 0) is 37.1 Å². The molecule has 0 fully saturated rings. The van der Waals surface area contributed by atoms with Crippen LogP contribution in [0.2, 0.25) is 0 Å². The highest BCUT2D eigenvalue weighted by Gasteiger charge is 2.20. The fraction of sp³-hybridized carbons (Fsp3) is 0.200. The molecule has 2 amide bonds. The standard InChI is InChI=1S/C20H21N5O3/c1-11(2)18-17(12(3)24-25-18)20(27)23-14-7-8-16(22-10-14)28-15-6-4-5-13(9-15)19(21)26/h4-11H,1-3H3,(H2,21,26)(H,23,27)(H,24,25). The van der Waals surface area contributed by atoms with Gasteiger partial charge in [-0.1, -0.05) is 19.9 Å². The van der Waals surface area contributed by atoms with Crippen LogP contribution in [0.3, 0.4) is 0 Å². The molecule has 0 atom stereocenters. The van der Waals surface area contributed by atoms with Crippen LogP contribution in [-0.2, 0) is 0 Å². The summed E-state index contributed by atoms with van der Waals surface area (Å²) in [7, 11) is 0. The molecule has 0 saturated carbocycles. The average Bonchev–Trinajstić information content (AvgIpc) is 3.05. The number of pyridine rings is 1. The minimum Gasteiger partial charge on any atom is -0.439 e. The quantitative estimate of drug-likeness (QED) is 0.606. The van der Waals surface area contributed by atoms with E-state index in [1.165, 1.54) is 12.3 Å². The van der Waals surface area contributed by atoms with Crippen molar-refractivity contribution in [1.82, 2.24) is 15.2 Å². The Bertz CT molecular complexity index is 1010. The van der Waals surface area contributed by atoms with Crippen molar-refractivity contribution >= 4 is 17.5 Å². The number of amides is 2. The van der Waals surface area contributed by atoms with E-state index in [2.05, 4.69) is 20.5 Å². The first-order valence-corrected chi connectivity index (χ1v) is 8.75. The summed E-state index contributed by atoms with van der Waals surface area (Å²) in [6.07, 6.45) is 1.50. The summed E-state index contributed by atoms with van der Waals surface area (Å²) < 4.78 is 5.62. The SMILES string of the molecule is Cc1[nH]nc(C(C)C)c1C(=O)Nc1ccc(Oc2cccc(C(N)=O)c2)nc1. The van der Waals surface area contributed by atoms with Gasteiger partial charge in [0.2, 0.25) is 11.8 Å². The fourth-order valence-corrected chi connectivity index (χ4v) is 2.69. The molecule has 2 aromatic heterocycles. The summed E-state index contributed by atoms with van der Waals surface area (Å²) in [6, 6.07) is 9.81. The van der Waals surface area contributed by atoms with Crippen molar-refractivity contribution in [3.8, 4) is 11.6 Å². The van der Waals surface area contributed by atoms with Crippen LogP contribution < -0.4 is 15.8 Å². The highest BCUT2D eigenvalue weighted by Crippen LogP contribution is 2.23. The molecule has 0 unspecified atom stereocenters. The third-order valence-electron chi connectivity index (χ3n) is 4.08. The number of carbonyl (C=O) groups excluding carboxylic acids is 2. The second-order valence-electron chi connectivity index (χ2n) is 6.60. The maximum absolute atomic E-state index is 12.6. The molecule has 0 bridgehead atoms. The van der Waals surface area contributed by atoms with E-state index < -0.39 is 5.91 Å². The molecule has 0 spiro atoms. The molecule has 0 aliphatic heterocycles. The van der Waals surface area contributed by atoms with Crippen molar-refractivity contribution in [3.05, 3.63) is 65.1 Å². The van der Waals surface area contributed by atoms with Crippen LogP contribution in [0.5, 0.6) is 11.6 Å². The number of primary amides is 1. The molecule has 0 aliphatic rings. The van der Waals surface area contributed by atoms with E-state index in [0.29, 0.717) is 34.1 Å². The van der Waals surface area contributed by atoms with Gasteiger partial charge in [-0.3, -0.25) is 14.7 Å². The Morgan fingerprint density at radius 1 is 1.21 bits per heavy atom. The largest absolute Gasteiger partial charge is 0.439 e. The number of nitrogens with one attached hydrogen (secondary N) is 2. The summed E-state index contributed by atoms with van der Waals surface area (Å²) in [5.74, 6) is 0.0975. The molecule has 144 valence electrons. The molecule has 3 rings (SSSR count). The lowest BCUT2D eigenvalue weighted by Crippen LogP contribution is -2.15. The van der Waals surface area contributed by atoms with Gasteiger partial charge in [0.05, 0.1) is 23.1 Å². The summed E-state index contributed by atoms with van der Waals surface area (Å²) in [6.45, 7) is 5.77. The Hall–Kier alpha value is -3.68. The fourth-order valence-electron chi connectivity index (χ4n) is 2.69. The third-order valence-corrected chi connectivity index (χ3v) is 4.08. The van der Waals surface area contributed by atoms with Crippen LogP contribution in [0.1, 0.15) is 51.9 Å². The Kier molecular flexibility index (Phi) is 5.39. The molecular weight excluding hydrogens is 358 g/mol. The second kappa shape index (κ2) is 7.91. The van der Waals surface area contributed by atoms with Crippen molar-refractivity contribution in [2.24, 2.45) is 5.73 Å². The van der Waals surface area contributed by atoms with Gasteiger partial charge in [-0.15, -0.1) is 0 Å². The predicted octanol–water partition coefficient (Wildman–Crippen LogP) is 3.38. The lowest BCUT2D eigenvalue weighted by molar-refractivity contribution is 0.0997. The number of anilines is 1. The highest BCUT2D eigenvalue weighted by molar-refractivity contribution is 6.05. The van der Waals surface area contributed by atoms with Gasteiger partial charge in [-0.25, -0.2) is 4.98 Å². The van der Waals surface area contributed by atoms with E-state index in [-0.39, 0.29) is 11.8 Å². The lowest BCUT2D eigenvalue weighted by atomic mass is 10.0. The smallest absolute Gasteiger partial charge is 0.259 e. The average molecular weight is 379 g/mol. The Balaban J connectivity index is 1.71. The number of ether oxygens (including phenoxy) is 1. The zero-order valence-electron chi connectivity index (χ0n) is 15.8. The van der Waals surface area contributed by atoms with Crippen LogP contribution in [0.15, 0.2) is 42.6 Å². The number of aromatic amines is 1.